The van der Waals surface area contributed by atoms with Crippen molar-refractivity contribution in [1.29, 1.82) is 0 Å². The minimum atomic E-state index is -0.0142. The topological polar surface area (TPSA) is 68.0 Å². The molecule has 154 valence electrons. The maximum absolute atomic E-state index is 12.6. The summed E-state index contributed by atoms with van der Waals surface area (Å²) in [5.74, 6) is 1.91. The van der Waals surface area contributed by atoms with Crippen molar-refractivity contribution in [1.82, 2.24) is 15.5 Å². The number of carbonyl (C=O) groups excluding carboxylic acids is 1. The number of carbonyl (C=O) groups is 1. The molecule has 6 heteroatoms. The molecule has 29 heavy (non-hydrogen) atoms. The van der Waals surface area contributed by atoms with Gasteiger partial charge in [-0.05, 0) is 40.8 Å². The largest absolute Gasteiger partial charge is 0.421 e. The monoisotopic (exact) mass is 411 g/mol. The highest BCUT2D eigenvalue weighted by atomic mass is 32.1. The van der Waals surface area contributed by atoms with E-state index in [4.69, 9.17) is 4.42 Å². The maximum atomic E-state index is 12.6. The van der Waals surface area contributed by atoms with E-state index in [0.29, 0.717) is 36.5 Å². The Labute approximate surface area is 176 Å². The fourth-order valence-electron chi connectivity index (χ4n) is 3.29. The van der Waals surface area contributed by atoms with E-state index in [9.17, 15) is 4.79 Å². The summed E-state index contributed by atoms with van der Waals surface area (Å²) >= 11 is 1.58. The summed E-state index contributed by atoms with van der Waals surface area (Å²) in [5, 5.41) is 15.2. The van der Waals surface area contributed by atoms with Gasteiger partial charge in [0.1, 0.15) is 0 Å². The molecule has 1 unspecified atom stereocenters. The summed E-state index contributed by atoms with van der Waals surface area (Å²) in [6, 6.07) is 10.5. The summed E-state index contributed by atoms with van der Waals surface area (Å²) in [6.07, 6.45) is 1.82. The van der Waals surface area contributed by atoms with Crippen molar-refractivity contribution in [2.45, 2.75) is 53.0 Å². The van der Waals surface area contributed by atoms with E-state index in [-0.39, 0.29) is 11.9 Å². The fraction of sp³-hybridized carbons (Fsp3) is 0.435. The lowest BCUT2D eigenvalue weighted by Crippen LogP contribution is -2.31. The quantitative estimate of drug-likeness (QED) is 0.509. The van der Waals surface area contributed by atoms with Crippen molar-refractivity contribution in [2.75, 3.05) is 0 Å². The predicted molar refractivity (Wildman–Crippen MR) is 117 cm³/mol. The molecule has 5 nitrogen and oxygen atoms in total. The molecule has 2 heterocycles. The van der Waals surface area contributed by atoms with E-state index in [2.05, 4.69) is 67.5 Å². The second-order valence-electron chi connectivity index (χ2n) is 8.14. The molecule has 0 fully saturated rings. The number of hydrogen-bond donors (Lipinski definition) is 1. The minimum Gasteiger partial charge on any atom is -0.421 e. The molecule has 0 radical (unpaired) electrons. The van der Waals surface area contributed by atoms with Gasteiger partial charge < -0.3 is 9.73 Å². The summed E-state index contributed by atoms with van der Waals surface area (Å²) in [4.78, 5) is 12.6. The summed E-state index contributed by atoms with van der Waals surface area (Å²) < 4.78 is 5.66. The molecule has 0 aliphatic rings. The molecular formula is C23H29N3O2S. The van der Waals surface area contributed by atoms with Crippen molar-refractivity contribution in [2.24, 2.45) is 11.8 Å². The highest BCUT2D eigenvalue weighted by Gasteiger charge is 2.19. The van der Waals surface area contributed by atoms with E-state index in [1.165, 1.54) is 5.56 Å². The molecule has 0 saturated carbocycles. The Morgan fingerprint density at radius 1 is 1.10 bits per heavy atom. The second-order valence-corrected chi connectivity index (χ2v) is 8.92. The first-order chi connectivity index (χ1) is 13.9. The van der Waals surface area contributed by atoms with Crippen LogP contribution in [0.1, 0.15) is 57.2 Å². The lowest BCUT2D eigenvalue weighted by molar-refractivity contribution is -0.122. The molecule has 3 aromatic rings. The third-order valence-electron chi connectivity index (χ3n) is 4.77. The van der Waals surface area contributed by atoms with Gasteiger partial charge in [-0.2, -0.15) is 11.3 Å². The molecule has 0 bridgehead atoms. The first kappa shape index (κ1) is 21.2. The van der Waals surface area contributed by atoms with Gasteiger partial charge in [0.05, 0.1) is 6.04 Å². The molecule has 0 spiro atoms. The van der Waals surface area contributed by atoms with Crippen LogP contribution in [0, 0.1) is 11.8 Å². The molecular weight excluding hydrogens is 382 g/mol. The molecule has 2 aromatic heterocycles. The van der Waals surface area contributed by atoms with Crippen LogP contribution in [0.4, 0.5) is 0 Å². The van der Waals surface area contributed by atoms with Gasteiger partial charge in [0.25, 0.3) is 0 Å². The van der Waals surface area contributed by atoms with Gasteiger partial charge in [0.2, 0.25) is 17.7 Å². The zero-order valence-corrected chi connectivity index (χ0v) is 18.3. The van der Waals surface area contributed by atoms with Gasteiger partial charge in [0.15, 0.2) is 0 Å². The summed E-state index contributed by atoms with van der Waals surface area (Å²) in [7, 11) is 0. The Kier molecular flexibility index (Phi) is 7.20. The predicted octanol–water partition coefficient (Wildman–Crippen LogP) is 5.44. The van der Waals surface area contributed by atoms with Crippen LogP contribution in [0.2, 0.25) is 0 Å². The lowest BCUT2D eigenvalue weighted by Gasteiger charge is -2.23. The third-order valence-corrected chi connectivity index (χ3v) is 5.45. The Bertz CT molecular complexity index is 899. The average molecular weight is 412 g/mol. The Morgan fingerprint density at radius 2 is 1.86 bits per heavy atom. The van der Waals surface area contributed by atoms with Crippen molar-refractivity contribution in [3.05, 3.63) is 58.1 Å². The number of rotatable bonds is 9. The maximum Gasteiger partial charge on any atom is 0.248 e. The van der Waals surface area contributed by atoms with Gasteiger partial charge in [-0.25, -0.2) is 0 Å². The van der Waals surface area contributed by atoms with Crippen LogP contribution in [-0.4, -0.2) is 16.1 Å². The highest BCUT2D eigenvalue weighted by molar-refractivity contribution is 7.08. The van der Waals surface area contributed by atoms with Crippen LogP contribution in [-0.2, 0) is 17.6 Å². The number of benzene rings is 1. The number of nitrogens with zero attached hydrogens (tertiary/aromatic N) is 2. The number of nitrogens with one attached hydrogen (secondary N) is 1. The number of aryl methyl sites for hydroxylation is 1. The number of thiophene rings is 1. The van der Waals surface area contributed by atoms with Crippen molar-refractivity contribution in [3.63, 3.8) is 0 Å². The van der Waals surface area contributed by atoms with Crippen LogP contribution in [0.5, 0.6) is 0 Å². The number of amides is 1. The smallest absolute Gasteiger partial charge is 0.248 e. The van der Waals surface area contributed by atoms with Gasteiger partial charge in [-0.15, -0.1) is 10.2 Å². The molecule has 0 saturated heterocycles. The SMILES string of the molecule is CC(C)Cc1ccc(C(NC(=O)CCc2nnc(-c3ccsc3)o2)C(C)C)cc1. The first-order valence-corrected chi connectivity index (χ1v) is 11.1. The van der Waals surface area contributed by atoms with Crippen LogP contribution in [0.3, 0.4) is 0 Å². The van der Waals surface area contributed by atoms with E-state index < -0.39 is 0 Å². The van der Waals surface area contributed by atoms with Crippen molar-refractivity contribution < 1.29 is 9.21 Å². The first-order valence-electron chi connectivity index (χ1n) is 10.2. The zero-order valence-electron chi connectivity index (χ0n) is 17.5. The highest BCUT2D eigenvalue weighted by Crippen LogP contribution is 2.24. The van der Waals surface area contributed by atoms with Crippen molar-refractivity contribution >= 4 is 17.2 Å². The molecule has 1 N–H and O–H groups in total. The molecule has 0 aliphatic heterocycles. The number of aromatic nitrogens is 2. The van der Waals surface area contributed by atoms with Gasteiger partial charge in [-0.1, -0.05) is 52.0 Å². The molecule has 1 atom stereocenters. The average Bonchev–Trinajstić information content (AvgIpc) is 3.36. The number of hydrogen-bond acceptors (Lipinski definition) is 5. The lowest BCUT2D eigenvalue weighted by atomic mass is 9.93. The molecule has 1 amide bonds. The van der Waals surface area contributed by atoms with Crippen LogP contribution in [0.15, 0.2) is 45.5 Å². The second kappa shape index (κ2) is 9.83. The van der Waals surface area contributed by atoms with Gasteiger partial charge in [0, 0.05) is 23.8 Å². The summed E-state index contributed by atoms with van der Waals surface area (Å²) in [6.45, 7) is 8.69. The standard InChI is InChI=1S/C23H29N3O2S/c1-15(2)13-17-5-7-18(8-6-17)22(16(3)4)24-20(27)9-10-21-25-26-23(28-21)19-11-12-29-14-19/h5-8,11-12,14-16,22H,9-10,13H2,1-4H3,(H,24,27). The normalized spacial score (nSPS) is 12.5. The Balaban J connectivity index is 1.57. The van der Waals surface area contributed by atoms with E-state index in [0.717, 1.165) is 17.5 Å². The third kappa shape index (κ3) is 6.00. The minimum absolute atomic E-state index is 0.00904. The van der Waals surface area contributed by atoms with E-state index in [1.807, 2.05) is 16.8 Å². The van der Waals surface area contributed by atoms with Crippen LogP contribution >= 0.6 is 11.3 Å². The molecule has 0 aliphatic carbocycles. The zero-order chi connectivity index (χ0) is 20.8. The van der Waals surface area contributed by atoms with Crippen LogP contribution in [0.25, 0.3) is 11.5 Å². The van der Waals surface area contributed by atoms with E-state index in [1.54, 1.807) is 11.3 Å². The Morgan fingerprint density at radius 3 is 2.48 bits per heavy atom. The fourth-order valence-corrected chi connectivity index (χ4v) is 3.92. The van der Waals surface area contributed by atoms with Gasteiger partial charge in [-0.3, -0.25) is 4.79 Å². The summed E-state index contributed by atoms with van der Waals surface area (Å²) in [5.41, 5.74) is 3.38. The van der Waals surface area contributed by atoms with Crippen LogP contribution < -0.4 is 5.32 Å². The molecule has 1 aromatic carbocycles. The van der Waals surface area contributed by atoms with Gasteiger partial charge >= 0.3 is 0 Å². The van der Waals surface area contributed by atoms with E-state index >= 15 is 0 Å². The molecule has 3 rings (SSSR count). The van der Waals surface area contributed by atoms with Crippen molar-refractivity contribution in [3.8, 4) is 11.5 Å². The Hall–Kier alpha value is -2.47.